The van der Waals surface area contributed by atoms with E-state index in [1.165, 1.54) is 231 Å². The number of hydrogen-bond acceptors (Lipinski definition) is 15. The summed E-state index contributed by atoms with van der Waals surface area (Å²) in [4.78, 5) is 73.0. The van der Waals surface area contributed by atoms with E-state index in [4.69, 9.17) is 37.0 Å². The average molecular weight is 1470 g/mol. The van der Waals surface area contributed by atoms with E-state index in [2.05, 4.69) is 48.5 Å². The molecule has 0 aliphatic carbocycles. The maximum absolute atomic E-state index is 13.1. The van der Waals surface area contributed by atoms with E-state index in [0.717, 1.165) is 108 Å². The third-order valence-electron chi connectivity index (χ3n) is 18.9. The lowest BCUT2D eigenvalue weighted by Gasteiger charge is -2.21. The summed E-state index contributed by atoms with van der Waals surface area (Å²) in [7, 11) is -9.92. The quantitative estimate of drug-likeness (QED) is 0.0222. The fraction of sp³-hybridized carbons (Fsp3) is 0.951. The van der Waals surface area contributed by atoms with Crippen LogP contribution in [0.25, 0.3) is 0 Å². The first-order chi connectivity index (χ1) is 48.2. The molecule has 0 spiro atoms. The molecule has 594 valence electrons. The fourth-order valence-corrected chi connectivity index (χ4v) is 14.1. The number of ether oxygens (including phenoxy) is 4. The van der Waals surface area contributed by atoms with E-state index in [1.807, 2.05) is 0 Å². The van der Waals surface area contributed by atoms with Gasteiger partial charge in [0, 0.05) is 25.7 Å². The number of phosphoric ester groups is 2. The lowest BCUT2D eigenvalue weighted by atomic mass is 10.0. The molecule has 17 nitrogen and oxygen atoms in total. The second-order valence-corrected chi connectivity index (χ2v) is 33.5. The van der Waals surface area contributed by atoms with Gasteiger partial charge in [0.1, 0.15) is 19.3 Å². The van der Waals surface area contributed by atoms with Crippen LogP contribution < -0.4 is 0 Å². The summed E-state index contributed by atoms with van der Waals surface area (Å²) in [6.07, 6.45) is 59.7. The number of phosphoric acid groups is 2. The lowest BCUT2D eigenvalue weighted by molar-refractivity contribution is -0.161. The minimum atomic E-state index is -4.96. The zero-order chi connectivity index (χ0) is 73.7. The minimum Gasteiger partial charge on any atom is -0.462 e. The molecule has 2 unspecified atom stereocenters. The number of hydrogen-bond donors (Lipinski definition) is 3. The maximum Gasteiger partial charge on any atom is 0.472 e. The second-order valence-electron chi connectivity index (χ2n) is 30.6. The largest absolute Gasteiger partial charge is 0.472 e. The number of carbonyl (C=O) groups is 4. The standard InChI is InChI=1S/C81H158O17P2/c1-8-9-10-11-12-13-14-28-34-43-50-57-64-80(85)98-77(69-92-79(84)63-56-49-42-37-36-40-47-54-61-74(6)7)71-96-100(89,90)94-67-75(82)66-93-99(87,88)95-70-76(68-91-78(83)62-55-48-41-33-29-24-21-17-19-23-27-32-39-46-53-60-73(4)5)97-81(86)65-58-51-44-35-30-25-20-16-15-18-22-26-31-38-45-52-59-72(2)3/h72-77,82H,8-71H2,1-7H3,(H,87,88)(H,89,90)/t75-,76-,77-/m1/s1. The Morgan fingerprint density at radius 1 is 0.270 bits per heavy atom. The molecular formula is C81H158O17P2. The molecule has 19 heteroatoms. The molecule has 0 saturated carbocycles. The number of aliphatic hydroxyl groups is 1. The van der Waals surface area contributed by atoms with Gasteiger partial charge >= 0.3 is 39.5 Å². The Hall–Kier alpha value is -1.94. The molecule has 0 amide bonds. The highest BCUT2D eigenvalue weighted by atomic mass is 31.2. The molecule has 0 bridgehead atoms. The van der Waals surface area contributed by atoms with Crippen molar-refractivity contribution < 1.29 is 80.2 Å². The van der Waals surface area contributed by atoms with E-state index in [9.17, 15) is 43.2 Å². The van der Waals surface area contributed by atoms with Crippen LogP contribution in [0.2, 0.25) is 0 Å². The predicted molar refractivity (Wildman–Crippen MR) is 409 cm³/mol. The Morgan fingerprint density at radius 2 is 0.460 bits per heavy atom. The molecule has 0 fully saturated rings. The highest BCUT2D eigenvalue weighted by Gasteiger charge is 2.30. The number of unbranched alkanes of at least 4 members (excludes halogenated alkanes) is 47. The van der Waals surface area contributed by atoms with Crippen LogP contribution in [0.3, 0.4) is 0 Å². The molecule has 0 rings (SSSR count). The van der Waals surface area contributed by atoms with Gasteiger partial charge in [-0.05, 0) is 43.4 Å². The lowest BCUT2D eigenvalue weighted by Crippen LogP contribution is -2.30. The number of rotatable bonds is 79. The Kier molecular flexibility index (Phi) is 69.9. The monoisotopic (exact) mass is 1470 g/mol. The van der Waals surface area contributed by atoms with Gasteiger partial charge in [-0.25, -0.2) is 9.13 Å². The van der Waals surface area contributed by atoms with Gasteiger partial charge in [0.05, 0.1) is 26.4 Å². The maximum atomic E-state index is 13.1. The van der Waals surface area contributed by atoms with Gasteiger partial charge in [0.15, 0.2) is 12.2 Å². The van der Waals surface area contributed by atoms with Gasteiger partial charge in [0.25, 0.3) is 0 Å². The first-order valence-electron chi connectivity index (χ1n) is 41.8. The third-order valence-corrected chi connectivity index (χ3v) is 20.8. The average Bonchev–Trinajstić information content (AvgIpc) is 0.950. The SMILES string of the molecule is CCCCCCCCCCCCCCC(=O)O[C@H](COC(=O)CCCCCCCCCCC(C)C)COP(=O)(O)OC[C@H](O)COP(=O)(O)OC[C@@H](COC(=O)CCCCCCCCCCCCCCCCCC(C)C)OC(=O)CCCCCCCCCCCCCCCCCCC(C)C. The van der Waals surface area contributed by atoms with E-state index in [1.54, 1.807) is 0 Å². The summed E-state index contributed by atoms with van der Waals surface area (Å²) in [5.41, 5.74) is 0. The van der Waals surface area contributed by atoms with Gasteiger partial charge in [-0.15, -0.1) is 0 Å². The smallest absolute Gasteiger partial charge is 0.462 e. The van der Waals surface area contributed by atoms with Crippen LogP contribution in [0.5, 0.6) is 0 Å². The Bertz CT molecular complexity index is 1940. The van der Waals surface area contributed by atoms with Gasteiger partial charge in [-0.1, -0.05) is 370 Å². The molecular weight excluding hydrogens is 1310 g/mol. The van der Waals surface area contributed by atoms with Crippen LogP contribution in [0, 0.1) is 17.8 Å². The predicted octanol–water partition coefficient (Wildman–Crippen LogP) is 24.1. The van der Waals surface area contributed by atoms with Gasteiger partial charge < -0.3 is 33.8 Å². The molecule has 5 atom stereocenters. The number of esters is 4. The van der Waals surface area contributed by atoms with Crippen molar-refractivity contribution in [3.63, 3.8) is 0 Å². The third kappa shape index (κ3) is 74.3. The second kappa shape index (κ2) is 71.3. The molecule has 0 aliphatic rings. The molecule has 0 saturated heterocycles. The van der Waals surface area contributed by atoms with Crippen molar-refractivity contribution in [3.8, 4) is 0 Å². The normalized spacial score (nSPS) is 14.0. The zero-order valence-corrected chi connectivity index (χ0v) is 67.5. The van der Waals surface area contributed by atoms with Crippen molar-refractivity contribution >= 4 is 39.5 Å². The van der Waals surface area contributed by atoms with Crippen LogP contribution in [0.15, 0.2) is 0 Å². The Morgan fingerprint density at radius 3 is 0.680 bits per heavy atom. The first-order valence-corrected chi connectivity index (χ1v) is 44.8. The number of aliphatic hydroxyl groups excluding tert-OH is 1. The summed E-state index contributed by atoms with van der Waals surface area (Å²) in [6.45, 7) is 12.0. The summed E-state index contributed by atoms with van der Waals surface area (Å²) in [6, 6.07) is 0. The topological polar surface area (TPSA) is 237 Å². The van der Waals surface area contributed by atoms with Gasteiger partial charge in [0.2, 0.25) is 0 Å². The van der Waals surface area contributed by atoms with E-state index >= 15 is 0 Å². The van der Waals surface area contributed by atoms with Crippen molar-refractivity contribution in [2.45, 2.75) is 439 Å². The summed E-state index contributed by atoms with van der Waals surface area (Å²) in [5.74, 6) is 0.232. The molecule has 100 heavy (non-hydrogen) atoms. The van der Waals surface area contributed by atoms with Crippen LogP contribution in [0.1, 0.15) is 421 Å². The number of carbonyl (C=O) groups excluding carboxylic acids is 4. The van der Waals surface area contributed by atoms with Crippen molar-refractivity contribution in [3.05, 3.63) is 0 Å². The van der Waals surface area contributed by atoms with Gasteiger partial charge in [-0.3, -0.25) is 37.3 Å². The minimum absolute atomic E-state index is 0.107. The van der Waals surface area contributed by atoms with E-state index < -0.39 is 97.5 Å². The Balaban J connectivity index is 5.24. The first kappa shape index (κ1) is 98.1. The summed E-state index contributed by atoms with van der Waals surface area (Å²) >= 11 is 0. The summed E-state index contributed by atoms with van der Waals surface area (Å²) in [5, 5.41) is 10.6. The van der Waals surface area contributed by atoms with Crippen molar-refractivity contribution in [1.29, 1.82) is 0 Å². The fourth-order valence-electron chi connectivity index (χ4n) is 12.5. The summed E-state index contributed by atoms with van der Waals surface area (Å²) < 4.78 is 68.7. The van der Waals surface area contributed by atoms with E-state index in [-0.39, 0.29) is 25.7 Å². The van der Waals surface area contributed by atoms with Crippen molar-refractivity contribution in [2.24, 2.45) is 17.8 Å². The molecule has 0 aromatic carbocycles. The van der Waals surface area contributed by atoms with Crippen LogP contribution in [0.4, 0.5) is 0 Å². The highest BCUT2D eigenvalue weighted by Crippen LogP contribution is 2.45. The highest BCUT2D eigenvalue weighted by molar-refractivity contribution is 7.47. The molecule has 0 heterocycles. The molecule has 0 aromatic rings. The van der Waals surface area contributed by atoms with Crippen LogP contribution in [-0.4, -0.2) is 96.7 Å². The van der Waals surface area contributed by atoms with Crippen LogP contribution >= 0.6 is 15.6 Å². The Labute approximate surface area is 613 Å². The molecule has 0 aromatic heterocycles. The molecule has 0 radical (unpaired) electrons. The molecule has 3 N–H and O–H groups in total. The van der Waals surface area contributed by atoms with Crippen molar-refractivity contribution in [2.75, 3.05) is 39.6 Å². The molecule has 0 aliphatic heterocycles. The van der Waals surface area contributed by atoms with Crippen molar-refractivity contribution in [1.82, 2.24) is 0 Å². The van der Waals surface area contributed by atoms with Crippen LogP contribution in [-0.2, 0) is 65.4 Å². The zero-order valence-electron chi connectivity index (χ0n) is 65.7. The van der Waals surface area contributed by atoms with E-state index in [0.29, 0.717) is 25.7 Å². The van der Waals surface area contributed by atoms with Gasteiger partial charge in [-0.2, -0.15) is 0 Å².